The van der Waals surface area contributed by atoms with Gasteiger partial charge < -0.3 is 21.3 Å². The molecule has 0 radical (unpaired) electrons. The molecule has 1 unspecified atom stereocenters. The van der Waals surface area contributed by atoms with Gasteiger partial charge in [-0.15, -0.1) is 0 Å². The Hall–Kier alpha value is -2.44. The molecule has 7 heteroatoms. The first-order valence-electron chi connectivity index (χ1n) is 4.76. The second-order valence-electron chi connectivity index (χ2n) is 3.30. The van der Waals surface area contributed by atoms with Gasteiger partial charge in [-0.3, -0.25) is 10.1 Å². The molecule has 7 nitrogen and oxygen atoms in total. The first-order valence-corrected chi connectivity index (χ1v) is 4.76. The van der Waals surface area contributed by atoms with E-state index in [1.165, 1.54) is 25.1 Å². The highest BCUT2D eigenvalue weighted by Gasteiger charge is 2.17. The van der Waals surface area contributed by atoms with Gasteiger partial charge in [-0.05, 0) is 19.1 Å². The standard InChI is InChI=1S/C10H13N3O4/c1-5(9(15)13-10(12)16)17-7-4-2-3-6(14)8(7)11/h2-5,14H,11H2,1H3,(H3,12,13,15,16). The molecule has 1 aromatic rings. The third-order valence-corrected chi connectivity index (χ3v) is 1.96. The Morgan fingerprint density at radius 3 is 2.71 bits per heavy atom. The first-order chi connectivity index (χ1) is 7.91. The number of nitrogens with two attached hydrogens (primary N) is 2. The fraction of sp³-hybridized carbons (Fsp3) is 0.200. The van der Waals surface area contributed by atoms with Gasteiger partial charge in [0.15, 0.2) is 6.10 Å². The quantitative estimate of drug-likeness (QED) is 0.434. The number of rotatable bonds is 3. The molecule has 1 aromatic carbocycles. The number of nitrogens with one attached hydrogen (secondary N) is 1. The second kappa shape index (κ2) is 5.06. The van der Waals surface area contributed by atoms with Crippen molar-refractivity contribution in [3.8, 4) is 11.5 Å². The predicted octanol–water partition coefficient (Wildman–Crippen LogP) is -0.0634. The van der Waals surface area contributed by atoms with Crippen LogP contribution in [0, 0.1) is 0 Å². The van der Waals surface area contributed by atoms with E-state index in [0.717, 1.165) is 0 Å². The lowest BCUT2D eigenvalue weighted by molar-refractivity contribution is -0.126. The van der Waals surface area contributed by atoms with E-state index in [2.05, 4.69) is 0 Å². The molecule has 6 N–H and O–H groups in total. The van der Waals surface area contributed by atoms with Crippen molar-refractivity contribution in [2.24, 2.45) is 5.73 Å². The monoisotopic (exact) mass is 239 g/mol. The van der Waals surface area contributed by atoms with Crippen LogP contribution in [-0.4, -0.2) is 23.1 Å². The van der Waals surface area contributed by atoms with Gasteiger partial charge in [0.25, 0.3) is 5.91 Å². The van der Waals surface area contributed by atoms with Crippen LogP contribution in [0.1, 0.15) is 6.92 Å². The molecular weight excluding hydrogens is 226 g/mol. The molecule has 0 fully saturated rings. The molecular formula is C10H13N3O4. The highest BCUT2D eigenvalue weighted by molar-refractivity contribution is 5.95. The minimum Gasteiger partial charge on any atom is -0.506 e. The molecule has 0 aliphatic carbocycles. The van der Waals surface area contributed by atoms with E-state index in [-0.39, 0.29) is 17.2 Å². The van der Waals surface area contributed by atoms with E-state index >= 15 is 0 Å². The Kier molecular flexibility index (Phi) is 3.76. The summed E-state index contributed by atoms with van der Waals surface area (Å²) in [6, 6.07) is 3.42. The fourth-order valence-electron chi connectivity index (χ4n) is 1.10. The lowest BCUT2D eigenvalue weighted by Crippen LogP contribution is -2.42. The number of ether oxygens (including phenoxy) is 1. The van der Waals surface area contributed by atoms with Gasteiger partial charge in [0, 0.05) is 0 Å². The third-order valence-electron chi connectivity index (χ3n) is 1.96. The summed E-state index contributed by atoms with van der Waals surface area (Å²) in [4.78, 5) is 21.8. The molecule has 3 amide bonds. The topological polar surface area (TPSA) is 128 Å². The van der Waals surface area contributed by atoms with Crippen LogP contribution in [0.5, 0.6) is 11.5 Å². The maximum Gasteiger partial charge on any atom is 0.318 e. The Labute approximate surface area is 97.4 Å². The number of urea groups is 1. The highest BCUT2D eigenvalue weighted by atomic mass is 16.5. The van der Waals surface area contributed by atoms with E-state index in [4.69, 9.17) is 16.2 Å². The number of amides is 3. The average molecular weight is 239 g/mol. The van der Waals surface area contributed by atoms with Crippen LogP contribution in [0.25, 0.3) is 0 Å². The molecule has 0 heterocycles. The summed E-state index contributed by atoms with van der Waals surface area (Å²) in [5.74, 6) is -0.692. The Bertz CT molecular complexity index is 447. The number of imide groups is 1. The molecule has 0 bridgehead atoms. The molecule has 0 saturated carbocycles. The number of para-hydroxylation sites is 1. The molecule has 0 spiro atoms. The van der Waals surface area contributed by atoms with Crippen molar-refractivity contribution in [1.82, 2.24) is 5.32 Å². The highest BCUT2D eigenvalue weighted by Crippen LogP contribution is 2.30. The van der Waals surface area contributed by atoms with Crippen LogP contribution < -0.4 is 21.5 Å². The zero-order valence-electron chi connectivity index (χ0n) is 9.14. The lowest BCUT2D eigenvalue weighted by atomic mass is 10.2. The number of nitrogen functional groups attached to an aromatic ring is 1. The SMILES string of the molecule is CC(Oc1cccc(O)c1N)C(=O)NC(N)=O. The van der Waals surface area contributed by atoms with Crippen LogP contribution in [-0.2, 0) is 4.79 Å². The summed E-state index contributed by atoms with van der Waals surface area (Å²) < 4.78 is 5.18. The summed E-state index contributed by atoms with van der Waals surface area (Å²) in [6.07, 6.45) is -0.966. The molecule has 0 aliphatic heterocycles. The number of primary amides is 1. The smallest absolute Gasteiger partial charge is 0.318 e. The van der Waals surface area contributed by atoms with Crippen molar-refractivity contribution >= 4 is 17.6 Å². The zero-order chi connectivity index (χ0) is 13.0. The average Bonchev–Trinajstić information content (AvgIpc) is 2.23. The predicted molar refractivity (Wildman–Crippen MR) is 60.3 cm³/mol. The first kappa shape index (κ1) is 12.6. The van der Waals surface area contributed by atoms with Crippen LogP contribution >= 0.6 is 0 Å². The number of anilines is 1. The van der Waals surface area contributed by atoms with E-state index < -0.39 is 18.0 Å². The van der Waals surface area contributed by atoms with Gasteiger partial charge in [0.05, 0.1) is 0 Å². The normalized spacial score (nSPS) is 11.6. The Morgan fingerprint density at radius 2 is 2.12 bits per heavy atom. The van der Waals surface area contributed by atoms with Crippen molar-refractivity contribution in [3.05, 3.63) is 18.2 Å². The summed E-state index contributed by atoms with van der Waals surface area (Å²) in [6.45, 7) is 1.42. The van der Waals surface area contributed by atoms with Gasteiger partial charge in [0.1, 0.15) is 17.2 Å². The molecule has 1 rings (SSSR count). The van der Waals surface area contributed by atoms with Gasteiger partial charge >= 0.3 is 6.03 Å². The Morgan fingerprint density at radius 1 is 1.47 bits per heavy atom. The Balaban J connectivity index is 2.74. The molecule has 17 heavy (non-hydrogen) atoms. The molecule has 0 aromatic heterocycles. The molecule has 1 atom stereocenters. The largest absolute Gasteiger partial charge is 0.506 e. The van der Waals surface area contributed by atoms with Crippen molar-refractivity contribution < 1.29 is 19.4 Å². The van der Waals surface area contributed by atoms with E-state index in [1.54, 1.807) is 0 Å². The number of aromatic hydroxyl groups is 1. The van der Waals surface area contributed by atoms with Crippen molar-refractivity contribution in [3.63, 3.8) is 0 Å². The fourth-order valence-corrected chi connectivity index (χ4v) is 1.10. The number of carbonyl (C=O) groups is 2. The lowest BCUT2D eigenvalue weighted by Gasteiger charge is -2.15. The molecule has 0 saturated heterocycles. The number of carbonyl (C=O) groups excluding carboxylic acids is 2. The van der Waals surface area contributed by atoms with Gasteiger partial charge in [-0.25, -0.2) is 4.79 Å². The number of benzene rings is 1. The van der Waals surface area contributed by atoms with Crippen LogP contribution in [0.2, 0.25) is 0 Å². The maximum atomic E-state index is 11.3. The number of hydrogen-bond acceptors (Lipinski definition) is 5. The van der Waals surface area contributed by atoms with Crippen LogP contribution in [0.15, 0.2) is 18.2 Å². The number of hydrogen-bond donors (Lipinski definition) is 4. The number of phenols is 1. The maximum absolute atomic E-state index is 11.3. The molecule has 0 aliphatic rings. The third kappa shape index (κ3) is 3.26. The van der Waals surface area contributed by atoms with Crippen LogP contribution in [0.3, 0.4) is 0 Å². The summed E-state index contributed by atoms with van der Waals surface area (Å²) in [7, 11) is 0. The van der Waals surface area contributed by atoms with E-state index in [9.17, 15) is 14.7 Å². The van der Waals surface area contributed by atoms with Crippen molar-refractivity contribution in [2.75, 3.05) is 5.73 Å². The minimum atomic E-state index is -0.966. The van der Waals surface area contributed by atoms with Gasteiger partial charge in [0.2, 0.25) is 0 Å². The molecule has 92 valence electrons. The van der Waals surface area contributed by atoms with Crippen molar-refractivity contribution in [2.45, 2.75) is 13.0 Å². The summed E-state index contributed by atoms with van der Waals surface area (Å²) in [5.41, 5.74) is 10.3. The summed E-state index contributed by atoms with van der Waals surface area (Å²) in [5, 5.41) is 11.2. The minimum absolute atomic E-state index is 0.0197. The van der Waals surface area contributed by atoms with E-state index in [0.29, 0.717) is 0 Å². The summed E-state index contributed by atoms with van der Waals surface area (Å²) >= 11 is 0. The van der Waals surface area contributed by atoms with Gasteiger partial charge in [-0.1, -0.05) is 6.07 Å². The van der Waals surface area contributed by atoms with E-state index in [1.807, 2.05) is 5.32 Å². The zero-order valence-corrected chi connectivity index (χ0v) is 9.14. The number of phenolic OH excluding ortho intramolecular Hbond substituents is 1. The van der Waals surface area contributed by atoms with Crippen molar-refractivity contribution in [1.29, 1.82) is 0 Å². The van der Waals surface area contributed by atoms with Gasteiger partial charge in [-0.2, -0.15) is 0 Å². The van der Waals surface area contributed by atoms with Crippen LogP contribution in [0.4, 0.5) is 10.5 Å². The second-order valence-corrected chi connectivity index (χ2v) is 3.30.